The van der Waals surface area contributed by atoms with Crippen LogP contribution in [0.3, 0.4) is 0 Å². The molecular weight excluding hydrogens is 270 g/mol. The highest BCUT2D eigenvalue weighted by molar-refractivity contribution is 7.89. The van der Waals surface area contributed by atoms with E-state index in [9.17, 15) is 13.2 Å². The van der Waals surface area contributed by atoms with Crippen LogP contribution in [-0.4, -0.2) is 34.7 Å². The third kappa shape index (κ3) is 3.26. The van der Waals surface area contributed by atoms with Crippen molar-refractivity contribution in [2.24, 2.45) is 7.05 Å². The van der Waals surface area contributed by atoms with Gasteiger partial charge in [-0.25, -0.2) is 18.1 Å². The predicted octanol–water partition coefficient (Wildman–Crippen LogP) is -0.976. The Hall–Kier alpha value is -2.00. The summed E-state index contributed by atoms with van der Waals surface area (Å²) in [6, 6.07) is 1.16. The van der Waals surface area contributed by atoms with E-state index in [0.717, 1.165) is 12.3 Å². The molecule has 2 rings (SSSR count). The summed E-state index contributed by atoms with van der Waals surface area (Å²) >= 11 is 0. The zero-order valence-electron chi connectivity index (χ0n) is 10.2. The van der Waals surface area contributed by atoms with Crippen molar-refractivity contribution >= 4 is 10.0 Å². The zero-order valence-corrected chi connectivity index (χ0v) is 11.0. The van der Waals surface area contributed by atoms with Gasteiger partial charge >= 0.3 is 0 Å². The Morgan fingerprint density at radius 2 is 2.26 bits per heavy atom. The van der Waals surface area contributed by atoms with Gasteiger partial charge in [-0.15, -0.1) is 0 Å². The van der Waals surface area contributed by atoms with Gasteiger partial charge in [-0.1, -0.05) is 0 Å². The first-order chi connectivity index (χ1) is 8.99. The fourth-order valence-corrected chi connectivity index (χ4v) is 2.57. The van der Waals surface area contributed by atoms with Crippen molar-refractivity contribution in [1.29, 1.82) is 0 Å². The Balaban J connectivity index is 2.03. The highest BCUT2D eigenvalue weighted by atomic mass is 32.2. The molecule has 0 unspecified atom stereocenters. The molecule has 0 radical (unpaired) electrons. The quantitative estimate of drug-likeness (QED) is 0.733. The van der Waals surface area contributed by atoms with Gasteiger partial charge in [0.15, 0.2) is 5.82 Å². The van der Waals surface area contributed by atoms with Crippen molar-refractivity contribution in [2.75, 3.05) is 6.54 Å². The maximum Gasteiger partial charge on any atom is 0.245 e. The van der Waals surface area contributed by atoms with E-state index in [0.29, 0.717) is 12.2 Å². The molecular formula is C10H13N5O3S. The van der Waals surface area contributed by atoms with Gasteiger partial charge in [-0.2, -0.15) is 5.10 Å². The Morgan fingerprint density at radius 1 is 1.47 bits per heavy atom. The number of hydrogen-bond acceptors (Lipinski definition) is 5. The monoisotopic (exact) mass is 283 g/mol. The molecule has 2 heterocycles. The molecule has 2 N–H and O–H groups in total. The summed E-state index contributed by atoms with van der Waals surface area (Å²) in [6.45, 7) is 0.126. The van der Waals surface area contributed by atoms with Crippen molar-refractivity contribution in [3.63, 3.8) is 0 Å². The molecule has 0 aliphatic heterocycles. The average molecular weight is 283 g/mol. The van der Waals surface area contributed by atoms with Crippen LogP contribution in [-0.2, 0) is 23.5 Å². The van der Waals surface area contributed by atoms with E-state index in [2.05, 4.69) is 19.8 Å². The molecule has 9 heteroatoms. The number of H-pyrrole nitrogens is 1. The Kier molecular flexibility index (Phi) is 3.76. The largest absolute Gasteiger partial charge is 0.366 e. The molecule has 0 aliphatic carbocycles. The summed E-state index contributed by atoms with van der Waals surface area (Å²) in [6.07, 6.45) is 4.42. The molecule has 19 heavy (non-hydrogen) atoms. The number of aromatic amines is 1. The van der Waals surface area contributed by atoms with Crippen LogP contribution >= 0.6 is 0 Å². The van der Waals surface area contributed by atoms with Gasteiger partial charge in [-0.05, 0) is 0 Å². The summed E-state index contributed by atoms with van der Waals surface area (Å²) in [5, 5.41) is 4.02. The standard InChI is InChI=1S/C10H13N5O3S/c1-15-7-12-10(14-15)3-5-13-19(17,18)9-6-11-4-2-8(9)16/h2,4,6-7,13H,3,5H2,1H3,(H,11,16). The number of rotatable bonds is 5. The van der Waals surface area contributed by atoms with Crippen LogP contribution in [0.25, 0.3) is 0 Å². The first-order valence-electron chi connectivity index (χ1n) is 5.50. The first kappa shape index (κ1) is 13.4. The van der Waals surface area contributed by atoms with Crippen molar-refractivity contribution in [1.82, 2.24) is 24.5 Å². The van der Waals surface area contributed by atoms with Gasteiger partial charge in [0, 0.05) is 38.5 Å². The van der Waals surface area contributed by atoms with Crippen molar-refractivity contribution in [3.8, 4) is 0 Å². The predicted molar refractivity (Wildman–Crippen MR) is 67.0 cm³/mol. The van der Waals surface area contributed by atoms with Gasteiger partial charge < -0.3 is 4.98 Å². The first-order valence-corrected chi connectivity index (χ1v) is 6.98. The van der Waals surface area contributed by atoms with Crippen molar-refractivity contribution < 1.29 is 8.42 Å². The summed E-state index contributed by atoms with van der Waals surface area (Å²) < 4.78 is 27.6. The second kappa shape index (κ2) is 5.33. The molecule has 0 atom stereocenters. The minimum atomic E-state index is -3.81. The molecule has 8 nitrogen and oxygen atoms in total. The van der Waals surface area contributed by atoms with E-state index in [1.165, 1.54) is 17.2 Å². The SMILES string of the molecule is Cn1cnc(CCNS(=O)(=O)c2c[nH]ccc2=O)n1. The molecule has 0 saturated heterocycles. The van der Waals surface area contributed by atoms with Crippen LogP contribution in [0.4, 0.5) is 0 Å². The van der Waals surface area contributed by atoms with Crippen LogP contribution in [0.15, 0.2) is 34.5 Å². The van der Waals surface area contributed by atoms with Gasteiger partial charge in [0.2, 0.25) is 15.5 Å². The molecule has 0 saturated carbocycles. The molecule has 0 spiro atoms. The molecule has 0 bridgehead atoms. The smallest absolute Gasteiger partial charge is 0.245 e. The fraction of sp³-hybridized carbons (Fsp3) is 0.300. The average Bonchev–Trinajstić information content (AvgIpc) is 2.75. The topological polar surface area (TPSA) is 110 Å². The van der Waals surface area contributed by atoms with Crippen LogP contribution in [0, 0.1) is 0 Å². The molecule has 102 valence electrons. The van der Waals surface area contributed by atoms with Gasteiger partial charge in [-0.3, -0.25) is 9.48 Å². The van der Waals surface area contributed by atoms with Gasteiger partial charge in [0.25, 0.3) is 0 Å². The number of sulfonamides is 1. The Bertz CT molecular complexity index is 719. The second-order valence-electron chi connectivity index (χ2n) is 3.86. The van der Waals surface area contributed by atoms with E-state index in [4.69, 9.17) is 0 Å². The number of aryl methyl sites for hydroxylation is 1. The van der Waals surface area contributed by atoms with E-state index in [-0.39, 0.29) is 11.4 Å². The number of aromatic nitrogens is 4. The highest BCUT2D eigenvalue weighted by Gasteiger charge is 2.17. The number of nitrogens with zero attached hydrogens (tertiary/aromatic N) is 3. The van der Waals surface area contributed by atoms with Crippen LogP contribution in [0.5, 0.6) is 0 Å². The Labute approximate surface area is 109 Å². The second-order valence-corrected chi connectivity index (χ2v) is 5.59. The normalized spacial score (nSPS) is 11.6. The molecule has 2 aromatic heterocycles. The van der Waals surface area contributed by atoms with E-state index in [1.54, 1.807) is 7.05 Å². The molecule has 0 aromatic carbocycles. The number of hydrogen-bond donors (Lipinski definition) is 2. The number of pyridine rings is 1. The van der Waals surface area contributed by atoms with E-state index >= 15 is 0 Å². The minimum absolute atomic E-state index is 0.126. The lowest BCUT2D eigenvalue weighted by Crippen LogP contribution is -2.30. The van der Waals surface area contributed by atoms with Crippen LogP contribution < -0.4 is 10.2 Å². The zero-order chi connectivity index (χ0) is 13.9. The lowest BCUT2D eigenvalue weighted by molar-refractivity contribution is 0.579. The summed E-state index contributed by atoms with van der Waals surface area (Å²) in [4.78, 5) is 17.7. The highest BCUT2D eigenvalue weighted by Crippen LogP contribution is 1.99. The summed E-state index contributed by atoms with van der Waals surface area (Å²) in [7, 11) is -2.08. The van der Waals surface area contributed by atoms with E-state index in [1.807, 2.05) is 0 Å². The maximum absolute atomic E-state index is 11.9. The lowest BCUT2D eigenvalue weighted by Gasteiger charge is -2.04. The maximum atomic E-state index is 11.9. The number of nitrogens with one attached hydrogen (secondary N) is 2. The van der Waals surface area contributed by atoms with Gasteiger partial charge in [0.1, 0.15) is 11.2 Å². The summed E-state index contributed by atoms with van der Waals surface area (Å²) in [5.74, 6) is 0.534. The molecule has 0 amide bonds. The van der Waals surface area contributed by atoms with Crippen molar-refractivity contribution in [3.05, 3.63) is 40.8 Å². The fourth-order valence-electron chi connectivity index (χ4n) is 1.48. The van der Waals surface area contributed by atoms with Gasteiger partial charge in [0.05, 0.1) is 0 Å². The third-order valence-corrected chi connectivity index (χ3v) is 3.85. The lowest BCUT2D eigenvalue weighted by atomic mass is 10.4. The third-order valence-electron chi connectivity index (χ3n) is 2.37. The van der Waals surface area contributed by atoms with E-state index < -0.39 is 15.5 Å². The Morgan fingerprint density at radius 3 is 2.89 bits per heavy atom. The van der Waals surface area contributed by atoms with Crippen LogP contribution in [0.1, 0.15) is 5.82 Å². The molecule has 2 aromatic rings. The summed E-state index contributed by atoms with van der Waals surface area (Å²) in [5.41, 5.74) is -0.554. The van der Waals surface area contributed by atoms with Crippen LogP contribution in [0.2, 0.25) is 0 Å². The minimum Gasteiger partial charge on any atom is -0.366 e. The van der Waals surface area contributed by atoms with Crippen molar-refractivity contribution in [2.45, 2.75) is 11.3 Å². The molecule has 0 fully saturated rings. The molecule has 0 aliphatic rings.